The van der Waals surface area contributed by atoms with Crippen molar-refractivity contribution < 1.29 is 22.7 Å². The first-order valence-corrected chi connectivity index (χ1v) is 11.5. The Morgan fingerprint density at radius 3 is 2.50 bits per heavy atom. The minimum absolute atomic E-state index is 0.164. The van der Waals surface area contributed by atoms with Gasteiger partial charge in [-0.1, -0.05) is 13.8 Å². The zero-order valence-electron chi connectivity index (χ0n) is 17.1. The number of ether oxygens (including phenoxy) is 2. The number of nitrogens with zero attached hydrogens (tertiary/aromatic N) is 3. The van der Waals surface area contributed by atoms with Crippen LogP contribution in [0.3, 0.4) is 0 Å². The van der Waals surface area contributed by atoms with Crippen LogP contribution in [-0.4, -0.2) is 73.1 Å². The molecule has 4 rings (SSSR count). The number of aromatic nitrogens is 2. The summed E-state index contributed by atoms with van der Waals surface area (Å²) in [7, 11) is -3.68. The number of piperazine rings is 1. The van der Waals surface area contributed by atoms with Gasteiger partial charge in [0, 0.05) is 37.9 Å². The Labute approximate surface area is 176 Å². The number of nitrogens with one attached hydrogen (secondary N) is 1. The molecule has 2 aromatic rings. The van der Waals surface area contributed by atoms with Crippen LogP contribution in [0, 0.1) is 5.92 Å². The molecule has 1 aromatic heterocycles. The molecule has 0 bridgehead atoms. The third-order valence-electron chi connectivity index (χ3n) is 5.16. The van der Waals surface area contributed by atoms with Gasteiger partial charge in [-0.2, -0.15) is 9.40 Å². The molecule has 0 atom stereocenters. The third kappa shape index (κ3) is 4.15. The van der Waals surface area contributed by atoms with E-state index in [2.05, 4.69) is 24.0 Å². The highest BCUT2D eigenvalue weighted by Gasteiger charge is 2.32. The van der Waals surface area contributed by atoms with Crippen molar-refractivity contribution in [3.63, 3.8) is 0 Å². The highest BCUT2D eigenvalue weighted by Crippen LogP contribution is 2.33. The van der Waals surface area contributed by atoms with Crippen LogP contribution in [0.2, 0.25) is 0 Å². The lowest BCUT2D eigenvalue weighted by Gasteiger charge is -2.33. The van der Waals surface area contributed by atoms with Crippen molar-refractivity contribution in [2.45, 2.75) is 25.2 Å². The van der Waals surface area contributed by atoms with Gasteiger partial charge in [-0.05, 0) is 30.5 Å². The average Bonchev–Trinajstić information content (AvgIpc) is 3.20. The van der Waals surface area contributed by atoms with Crippen LogP contribution in [0.5, 0.6) is 11.5 Å². The first-order valence-electron chi connectivity index (χ1n) is 10.1. The normalized spacial score (nSPS) is 17.4. The maximum atomic E-state index is 13.0. The minimum Gasteiger partial charge on any atom is -0.486 e. The summed E-state index contributed by atoms with van der Waals surface area (Å²) in [6, 6.07) is 6.43. The van der Waals surface area contributed by atoms with Gasteiger partial charge in [0.2, 0.25) is 10.0 Å². The van der Waals surface area contributed by atoms with Crippen molar-refractivity contribution in [2.75, 3.05) is 39.4 Å². The summed E-state index contributed by atoms with van der Waals surface area (Å²) in [6.07, 6.45) is 0.821. The van der Waals surface area contributed by atoms with Crippen LogP contribution in [0.15, 0.2) is 29.2 Å². The zero-order valence-corrected chi connectivity index (χ0v) is 17.9. The maximum absolute atomic E-state index is 13.0. The summed E-state index contributed by atoms with van der Waals surface area (Å²) in [5.74, 6) is 1.26. The smallest absolute Gasteiger partial charge is 0.274 e. The molecule has 1 aromatic carbocycles. The lowest BCUT2D eigenvalue weighted by Crippen LogP contribution is -2.50. The van der Waals surface area contributed by atoms with Crippen molar-refractivity contribution in [3.8, 4) is 11.5 Å². The quantitative estimate of drug-likeness (QED) is 0.765. The van der Waals surface area contributed by atoms with Gasteiger partial charge in [0.05, 0.1) is 4.90 Å². The van der Waals surface area contributed by atoms with Gasteiger partial charge in [0.25, 0.3) is 5.91 Å². The molecule has 1 N–H and O–H groups in total. The van der Waals surface area contributed by atoms with E-state index in [0.717, 1.165) is 12.1 Å². The molecule has 30 heavy (non-hydrogen) atoms. The second-order valence-corrected chi connectivity index (χ2v) is 9.82. The van der Waals surface area contributed by atoms with Crippen molar-refractivity contribution in [3.05, 3.63) is 35.7 Å². The van der Waals surface area contributed by atoms with Crippen molar-refractivity contribution in [1.82, 2.24) is 19.4 Å². The molecule has 9 nitrogen and oxygen atoms in total. The number of H-pyrrole nitrogens is 1. The molecule has 0 unspecified atom stereocenters. The number of hydrogen-bond acceptors (Lipinski definition) is 6. The molecule has 0 spiro atoms. The van der Waals surface area contributed by atoms with Gasteiger partial charge in [-0.15, -0.1) is 0 Å². The Balaban J connectivity index is 1.41. The predicted octanol–water partition coefficient (Wildman–Crippen LogP) is 1.53. The maximum Gasteiger partial charge on any atom is 0.274 e. The second-order valence-electron chi connectivity index (χ2n) is 7.88. The molecule has 1 saturated heterocycles. The Bertz CT molecular complexity index is 1030. The summed E-state index contributed by atoms with van der Waals surface area (Å²) >= 11 is 0. The van der Waals surface area contributed by atoms with E-state index in [9.17, 15) is 13.2 Å². The number of benzene rings is 1. The Kier molecular flexibility index (Phi) is 5.70. The van der Waals surface area contributed by atoms with Gasteiger partial charge < -0.3 is 14.4 Å². The molecule has 1 fully saturated rings. The van der Waals surface area contributed by atoms with Gasteiger partial charge in [0.1, 0.15) is 18.9 Å². The highest BCUT2D eigenvalue weighted by atomic mass is 32.2. The Morgan fingerprint density at radius 2 is 1.80 bits per heavy atom. The fraction of sp³-hybridized carbons (Fsp3) is 0.500. The molecule has 162 valence electrons. The fourth-order valence-electron chi connectivity index (χ4n) is 3.64. The van der Waals surface area contributed by atoms with E-state index in [1.54, 1.807) is 17.0 Å². The molecular formula is C20H26N4O5S. The number of amides is 1. The number of carbonyl (C=O) groups excluding carboxylic acids is 1. The number of sulfonamides is 1. The van der Waals surface area contributed by atoms with Crippen molar-refractivity contribution >= 4 is 15.9 Å². The van der Waals surface area contributed by atoms with E-state index in [1.165, 1.54) is 16.4 Å². The molecule has 10 heteroatoms. The van der Waals surface area contributed by atoms with Gasteiger partial charge in [-0.25, -0.2) is 8.42 Å². The van der Waals surface area contributed by atoms with E-state index in [1.807, 2.05) is 0 Å². The van der Waals surface area contributed by atoms with Gasteiger partial charge in [0.15, 0.2) is 11.5 Å². The SMILES string of the molecule is CC(C)Cc1cc(C(=O)N2CCN(S(=O)(=O)c3ccc4c(c3)OCCO4)CC2)n[nH]1. The molecule has 2 aliphatic heterocycles. The van der Waals surface area contributed by atoms with Crippen LogP contribution >= 0.6 is 0 Å². The summed E-state index contributed by atoms with van der Waals surface area (Å²) < 4.78 is 38.4. The number of hydrogen-bond donors (Lipinski definition) is 1. The van der Waals surface area contributed by atoms with Crippen LogP contribution in [-0.2, 0) is 16.4 Å². The Morgan fingerprint density at radius 1 is 1.10 bits per heavy atom. The largest absolute Gasteiger partial charge is 0.486 e. The van der Waals surface area contributed by atoms with Crippen LogP contribution in [0.1, 0.15) is 30.0 Å². The Hall–Kier alpha value is -2.59. The van der Waals surface area contributed by atoms with Crippen LogP contribution in [0.25, 0.3) is 0 Å². The zero-order chi connectivity index (χ0) is 21.3. The topological polar surface area (TPSA) is 105 Å². The van der Waals surface area contributed by atoms with Crippen molar-refractivity contribution in [1.29, 1.82) is 0 Å². The summed E-state index contributed by atoms with van der Waals surface area (Å²) in [6.45, 7) is 6.13. The molecule has 0 radical (unpaired) electrons. The molecule has 0 aliphatic carbocycles. The standard InChI is InChI=1S/C20H26N4O5S/c1-14(2)11-15-12-17(22-21-15)20(25)23-5-7-24(8-6-23)30(26,27)16-3-4-18-19(13-16)29-10-9-28-18/h3-4,12-14H,5-11H2,1-2H3,(H,21,22). The molecular weight excluding hydrogens is 408 g/mol. The molecule has 1 amide bonds. The minimum atomic E-state index is -3.68. The average molecular weight is 435 g/mol. The van der Waals surface area contributed by atoms with Crippen molar-refractivity contribution in [2.24, 2.45) is 5.92 Å². The predicted molar refractivity (Wildman–Crippen MR) is 109 cm³/mol. The number of fused-ring (bicyclic) bond motifs is 1. The van der Waals surface area contributed by atoms with Gasteiger partial charge in [-0.3, -0.25) is 9.89 Å². The third-order valence-corrected chi connectivity index (χ3v) is 7.05. The molecule has 0 saturated carbocycles. The fourth-order valence-corrected chi connectivity index (χ4v) is 5.08. The van der Waals surface area contributed by atoms with E-state index < -0.39 is 10.0 Å². The van der Waals surface area contributed by atoms with E-state index in [-0.39, 0.29) is 23.9 Å². The van der Waals surface area contributed by atoms with Gasteiger partial charge >= 0.3 is 0 Å². The lowest BCUT2D eigenvalue weighted by molar-refractivity contribution is 0.0692. The monoisotopic (exact) mass is 434 g/mol. The van der Waals surface area contributed by atoms with E-state index in [0.29, 0.717) is 49.4 Å². The van der Waals surface area contributed by atoms with E-state index >= 15 is 0 Å². The first-order chi connectivity index (χ1) is 14.3. The number of carbonyl (C=O) groups is 1. The lowest BCUT2D eigenvalue weighted by atomic mass is 10.1. The molecule has 2 aliphatic rings. The number of rotatable bonds is 5. The second kappa shape index (κ2) is 8.27. The summed E-state index contributed by atoms with van der Waals surface area (Å²) in [5.41, 5.74) is 1.29. The van der Waals surface area contributed by atoms with E-state index in [4.69, 9.17) is 9.47 Å². The molecule has 3 heterocycles. The number of aromatic amines is 1. The highest BCUT2D eigenvalue weighted by molar-refractivity contribution is 7.89. The first kappa shape index (κ1) is 20.7. The summed E-state index contributed by atoms with van der Waals surface area (Å²) in [5, 5.41) is 7.04. The summed E-state index contributed by atoms with van der Waals surface area (Å²) in [4.78, 5) is 14.5. The van der Waals surface area contributed by atoms with Crippen LogP contribution in [0.4, 0.5) is 0 Å². The van der Waals surface area contributed by atoms with Crippen LogP contribution < -0.4 is 9.47 Å².